The Balaban J connectivity index is 1.77. The van der Waals surface area contributed by atoms with Crippen molar-refractivity contribution in [1.82, 2.24) is 9.55 Å². The minimum atomic E-state index is -0.871. The molecular weight excluding hydrogens is 266 g/mol. The van der Waals surface area contributed by atoms with Gasteiger partial charge in [-0.25, -0.2) is 4.98 Å². The van der Waals surface area contributed by atoms with Crippen LogP contribution in [0.1, 0.15) is 57.3 Å². The van der Waals surface area contributed by atoms with Gasteiger partial charge in [-0.3, -0.25) is 4.79 Å². The molecule has 1 aromatic rings. The van der Waals surface area contributed by atoms with Crippen molar-refractivity contribution in [3.05, 3.63) is 17.7 Å². The molecule has 0 amide bonds. The molecule has 0 saturated carbocycles. The number of hydrogen-bond donors (Lipinski definition) is 1. The second-order valence-corrected chi connectivity index (χ2v) is 6.13. The maximum atomic E-state index is 11.7. The number of hydrogen-bond acceptors (Lipinski definition) is 4. The summed E-state index contributed by atoms with van der Waals surface area (Å²) in [5, 5.41) is 0. The van der Waals surface area contributed by atoms with Gasteiger partial charge in [0.2, 0.25) is 0 Å². The fourth-order valence-electron chi connectivity index (χ4n) is 2.90. The van der Waals surface area contributed by atoms with Gasteiger partial charge in [0, 0.05) is 12.2 Å². The number of unbranched alkanes of at least 4 members (excludes halogenated alkanes) is 1. The first-order valence-electron chi connectivity index (χ1n) is 8.03. The number of rotatable bonds is 7. The Hall–Kier alpha value is -1.36. The summed E-state index contributed by atoms with van der Waals surface area (Å²) >= 11 is 0. The summed E-state index contributed by atoms with van der Waals surface area (Å²) in [6, 6.07) is 0. The molecular formula is C16H27N3O2. The highest BCUT2D eigenvalue weighted by Gasteiger charge is 2.29. The zero-order valence-corrected chi connectivity index (χ0v) is 13.2. The van der Waals surface area contributed by atoms with Crippen LogP contribution in [0.3, 0.4) is 0 Å². The Kier molecular flexibility index (Phi) is 5.39. The van der Waals surface area contributed by atoms with E-state index >= 15 is 0 Å². The van der Waals surface area contributed by atoms with Crippen molar-refractivity contribution in [3.8, 4) is 0 Å². The van der Waals surface area contributed by atoms with E-state index in [1.807, 2.05) is 6.33 Å². The van der Waals surface area contributed by atoms with Crippen molar-refractivity contribution in [2.24, 2.45) is 5.73 Å². The molecule has 118 valence electrons. The lowest BCUT2D eigenvalue weighted by molar-refractivity contribution is -0.149. The number of imidazole rings is 1. The summed E-state index contributed by atoms with van der Waals surface area (Å²) in [5.74, 6) is -0.301. The van der Waals surface area contributed by atoms with Crippen molar-refractivity contribution in [2.75, 3.05) is 6.61 Å². The Morgan fingerprint density at radius 3 is 2.95 bits per heavy atom. The van der Waals surface area contributed by atoms with E-state index < -0.39 is 5.54 Å². The number of fused-ring (bicyclic) bond motifs is 1. The lowest BCUT2D eigenvalue weighted by atomic mass is 9.96. The molecule has 0 saturated heterocycles. The summed E-state index contributed by atoms with van der Waals surface area (Å²) in [5.41, 5.74) is 7.83. The number of nitrogens with two attached hydrogens (primary N) is 1. The standard InChI is InChI=1S/C16H27N3O2/c1-3-21-15(20)16(2,17)10-6-7-11-19-12-18-13-8-4-5-9-14(13)19/h12H,3-11,17H2,1-2H3. The van der Waals surface area contributed by atoms with Crippen LogP contribution in [0.25, 0.3) is 0 Å². The highest BCUT2D eigenvalue weighted by molar-refractivity contribution is 5.79. The summed E-state index contributed by atoms with van der Waals surface area (Å²) < 4.78 is 7.28. The maximum Gasteiger partial charge on any atom is 0.325 e. The SMILES string of the molecule is CCOC(=O)C(C)(N)CCCCn1cnc2c1CCCC2. The molecule has 1 heterocycles. The fourth-order valence-corrected chi connectivity index (χ4v) is 2.90. The Morgan fingerprint density at radius 1 is 1.43 bits per heavy atom. The normalized spacial score (nSPS) is 17.1. The van der Waals surface area contributed by atoms with Gasteiger partial charge >= 0.3 is 5.97 Å². The van der Waals surface area contributed by atoms with Gasteiger partial charge in [0.1, 0.15) is 5.54 Å². The molecule has 0 spiro atoms. The zero-order chi connectivity index (χ0) is 15.3. The lowest BCUT2D eigenvalue weighted by Crippen LogP contribution is -2.46. The monoisotopic (exact) mass is 293 g/mol. The number of nitrogens with zero attached hydrogens (tertiary/aromatic N) is 2. The van der Waals surface area contributed by atoms with E-state index in [0.29, 0.717) is 13.0 Å². The smallest absolute Gasteiger partial charge is 0.325 e. The van der Waals surface area contributed by atoms with Gasteiger partial charge in [0.25, 0.3) is 0 Å². The number of esters is 1. The molecule has 5 nitrogen and oxygen atoms in total. The van der Waals surface area contributed by atoms with E-state index in [1.165, 1.54) is 24.2 Å². The van der Waals surface area contributed by atoms with Gasteiger partial charge in [-0.15, -0.1) is 0 Å². The van der Waals surface area contributed by atoms with E-state index in [9.17, 15) is 4.79 Å². The molecule has 1 unspecified atom stereocenters. The molecule has 0 radical (unpaired) electrons. The summed E-state index contributed by atoms with van der Waals surface area (Å²) in [4.78, 5) is 16.2. The van der Waals surface area contributed by atoms with Crippen LogP contribution in [0.2, 0.25) is 0 Å². The molecule has 1 atom stereocenters. The second kappa shape index (κ2) is 7.07. The first-order chi connectivity index (χ1) is 10.0. The molecule has 0 aliphatic heterocycles. The number of aromatic nitrogens is 2. The van der Waals surface area contributed by atoms with Gasteiger partial charge < -0.3 is 15.0 Å². The van der Waals surface area contributed by atoms with E-state index in [1.54, 1.807) is 13.8 Å². The third kappa shape index (κ3) is 4.06. The van der Waals surface area contributed by atoms with Gasteiger partial charge in [0.05, 0.1) is 18.6 Å². The molecule has 2 rings (SSSR count). The number of ether oxygens (including phenoxy) is 1. The first-order valence-corrected chi connectivity index (χ1v) is 8.03. The van der Waals surface area contributed by atoms with Gasteiger partial charge in [-0.05, 0) is 58.8 Å². The highest BCUT2D eigenvalue weighted by atomic mass is 16.5. The molecule has 1 aromatic heterocycles. The third-order valence-electron chi connectivity index (χ3n) is 4.20. The van der Waals surface area contributed by atoms with Crippen LogP contribution in [-0.4, -0.2) is 27.7 Å². The molecule has 2 N–H and O–H groups in total. The predicted molar refractivity (Wildman–Crippen MR) is 81.9 cm³/mol. The molecule has 1 aliphatic carbocycles. The van der Waals surface area contributed by atoms with Crippen LogP contribution in [0.4, 0.5) is 0 Å². The Labute approximate surface area is 126 Å². The van der Waals surface area contributed by atoms with Gasteiger partial charge in [-0.2, -0.15) is 0 Å². The van der Waals surface area contributed by atoms with Gasteiger partial charge in [-0.1, -0.05) is 0 Å². The van der Waals surface area contributed by atoms with E-state index in [4.69, 9.17) is 10.5 Å². The second-order valence-electron chi connectivity index (χ2n) is 6.13. The molecule has 1 aliphatic rings. The van der Waals surface area contributed by atoms with Crippen LogP contribution in [0.15, 0.2) is 6.33 Å². The zero-order valence-electron chi connectivity index (χ0n) is 13.2. The van der Waals surface area contributed by atoms with Crippen LogP contribution >= 0.6 is 0 Å². The molecule has 5 heteroatoms. The number of aryl methyl sites for hydroxylation is 2. The van der Waals surface area contributed by atoms with Crippen molar-refractivity contribution < 1.29 is 9.53 Å². The van der Waals surface area contributed by atoms with E-state index in [0.717, 1.165) is 32.2 Å². The number of carbonyl (C=O) groups is 1. The highest BCUT2D eigenvalue weighted by Crippen LogP contribution is 2.21. The van der Waals surface area contributed by atoms with Crippen molar-refractivity contribution in [2.45, 2.75) is 70.9 Å². The number of carbonyl (C=O) groups excluding carboxylic acids is 1. The minimum Gasteiger partial charge on any atom is -0.465 e. The average Bonchev–Trinajstić information content (AvgIpc) is 2.87. The van der Waals surface area contributed by atoms with Gasteiger partial charge in [0.15, 0.2) is 0 Å². The largest absolute Gasteiger partial charge is 0.465 e. The van der Waals surface area contributed by atoms with Crippen LogP contribution in [-0.2, 0) is 28.9 Å². The van der Waals surface area contributed by atoms with Crippen molar-refractivity contribution in [3.63, 3.8) is 0 Å². The van der Waals surface area contributed by atoms with Crippen LogP contribution < -0.4 is 5.73 Å². The van der Waals surface area contributed by atoms with E-state index in [2.05, 4.69) is 9.55 Å². The quantitative estimate of drug-likeness (QED) is 0.618. The average molecular weight is 293 g/mol. The van der Waals surface area contributed by atoms with Crippen molar-refractivity contribution in [1.29, 1.82) is 0 Å². The Bertz CT molecular complexity index is 480. The topological polar surface area (TPSA) is 70.1 Å². The van der Waals surface area contributed by atoms with Crippen LogP contribution in [0, 0.1) is 0 Å². The summed E-state index contributed by atoms with van der Waals surface area (Å²) in [6.45, 7) is 4.90. The fraction of sp³-hybridized carbons (Fsp3) is 0.750. The molecule has 21 heavy (non-hydrogen) atoms. The summed E-state index contributed by atoms with van der Waals surface area (Å²) in [6.07, 6.45) is 9.33. The first kappa shape index (κ1) is 16.0. The van der Waals surface area contributed by atoms with Crippen LogP contribution in [0.5, 0.6) is 0 Å². The molecule has 0 bridgehead atoms. The Morgan fingerprint density at radius 2 is 2.19 bits per heavy atom. The predicted octanol–water partition coefficient (Wildman–Crippen LogP) is 2.21. The summed E-state index contributed by atoms with van der Waals surface area (Å²) in [7, 11) is 0. The van der Waals surface area contributed by atoms with Crippen molar-refractivity contribution >= 4 is 5.97 Å². The molecule has 0 fully saturated rings. The van der Waals surface area contributed by atoms with E-state index in [-0.39, 0.29) is 5.97 Å². The minimum absolute atomic E-state index is 0.301. The third-order valence-corrected chi connectivity index (χ3v) is 4.20. The lowest BCUT2D eigenvalue weighted by Gasteiger charge is -2.22. The maximum absolute atomic E-state index is 11.7. The molecule has 0 aromatic carbocycles.